The SMILES string of the molecule is NC(=O)COc1ccc(/C=C/C(=O)O)cc1[N+](=O)[O-]. The first-order valence-electron chi connectivity index (χ1n) is 5.00. The highest BCUT2D eigenvalue weighted by molar-refractivity contribution is 5.85. The zero-order valence-corrected chi connectivity index (χ0v) is 9.61. The van der Waals surface area contributed by atoms with E-state index in [0.29, 0.717) is 5.56 Å². The molecule has 0 radical (unpaired) electrons. The van der Waals surface area contributed by atoms with Crippen molar-refractivity contribution in [1.82, 2.24) is 0 Å². The van der Waals surface area contributed by atoms with Crippen LogP contribution in [-0.2, 0) is 9.59 Å². The highest BCUT2D eigenvalue weighted by atomic mass is 16.6. The number of amides is 1. The maximum atomic E-state index is 10.8. The van der Waals surface area contributed by atoms with Crippen LogP contribution >= 0.6 is 0 Å². The summed E-state index contributed by atoms with van der Waals surface area (Å²) < 4.78 is 4.88. The van der Waals surface area contributed by atoms with Crippen LogP contribution in [-0.4, -0.2) is 28.5 Å². The summed E-state index contributed by atoms with van der Waals surface area (Å²) in [6.45, 7) is -0.481. The van der Waals surface area contributed by atoms with Crippen LogP contribution in [0.4, 0.5) is 5.69 Å². The molecule has 0 heterocycles. The maximum Gasteiger partial charge on any atom is 0.328 e. The van der Waals surface area contributed by atoms with E-state index in [0.717, 1.165) is 12.1 Å². The summed E-state index contributed by atoms with van der Waals surface area (Å²) in [5.74, 6) is -2.04. The average molecular weight is 266 g/mol. The van der Waals surface area contributed by atoms with Gasteiger partial charge in [0.15, 0.2) is 12.4 Å². The molecule has 0 aromatic heterocycles. The summed E-state index contributed by atoms with van der Waals surface area (Å²) >= 11 is 0. The summed E-state index contributed by atoms with van der Waals surface area (Å²) in [6.07, 6.45) is 2.05. The summed E-state index contributed by atoms with van der Waals surface area (Å²) in [4.78, 5) is 31.0. The second kappa shape index (κ2) is 6.15. The number of benzene rings is 1. The van der Waals surface area contributed by atoms with Gasteiger partial charge in [0.1, 0.15) is 0 Å². The number of carbonyl (C=O) groups is 2. The van der Waals surface area contributed by atoms with E-state index in [4.69, 9.17) is 15.6 Å². The minimum absolute atomic E-state index is 0.115. The molecule has 0 saturated heterocycles. The number of nitrogens with zero attached hydrogens (tertiary/aromatic N) is 1. The van der Waals surface area contributed by atoms with E-state index >= 15 is 0 Å². The van der Waals surface area contributed by atoms with Gasteiger partial charge in [-0.3, -0.25) is 14.9 Å². The standard InChI is InChI=1S/C11H10N2O6/c12-10(14)6-19-9-3-1-7(2-4-11(15)16)5-8(9)13(17)18/h1-5H,6H2,(H2,12,14)(H,15,16)/b4-2+. The summed E-state index contributed by atoms with van der Waals surface area (Å²) in [6, 6.07) is 3.82. The van der Waals surface area contributed by atoms with Crippen LogP contribution in [0.25, 0.3) is 6.08 Å². The molecule has 0 aliphatic rings. The van der Waals surface area contributed by atoms with Crippen molar-refractivity contribution >= 4 is 23.6 Å². The van der Waals surface area contributed by atoms with Crippen molar-refractivity contribution in [3.05, 3.63) is 40.0 Å². The van der Waals surface area contributed by atoms with E-state index in [2.05, 4.69) is 0 Å². The molecule has 8 heteroatoms. The number of nitro benzene ring substituents is 1. The second-order valence-corrected chi connectivity index (χ2v) is 3.41. The van der Waals surface area contributed by atoms with Gasteiger partial charge in [0, 0.05) is 12.1 Å². The first-order valence-corrected chi connectivity index (χ1v) is 5.00. The lowest BCUT2D eigenvalue weighted by molar-refractivity contribution is -0.385. The molecular weight excluding hydrogens is 256 g/mol. The van der Waals surface area contributed by atoms with Crippen molar-refractivity contribution in [2.24, 2.45) is 5.73 Å². The fraction of sp³-hybridized carbons (Fsp3) is 0.0909. The van der Waals surface area contributed by atoms with Crippen LogP contribution in [0.15, 0.2) is 24.3 Å². The van der Waals surface area contributed by atoms with Crippen LogP contribution in [0.2, 0.25) is 0 Å². The molecule has 0 bridgehead atoms. The lowest BCUT2D eigenvalue weighted by atomic mass is 10.1. The van der Waals surface area contributed by atoms with E-state index < -0.39 is 23.4 Å². The number of aliphatic carboxylic acids is 1. The quantitative estimate of drug-likeness (QED) is 0.439. The Bertz CT molecular complexity index is 552. The molecule has 0 spiro atoms. The van der Waals surface area contributed by atoms with Crippen LogP contribution in [0, 0.1) is 10.1 Å². The number of rotatable bonds is 6. The van der Waals surface area contributed by atoms with Gasteiger partial charge >= 0.3 is 11.7 Å². The molecule has 0 unspecified atom stereocenters. The molecule has 8 nitrogen and oxygen atoms in total. The molecule has 1 amide bonds. The van der Waals surface area contributed by atoms with Gasteiger partial charge in [0.05, 0.1) is 4.92 Å². The van der Waals surface area contributed by atoms with Crippen molar-refractivity contribution in [2.75, 3.05) is 6.61 Å². The van der Waals surface area contributed by atoms with E-state index in [1.54, 1.807) is 0 Å². The first-order chi connectivity index (χ1) is 8.90. The Kier molecular flexibility index (Phi) is 4.58. The highest BCUT2D eigenvalue weighted by Gasteiger charge is 2.16. The number of hydrogen-bond donors (Lipinski definition) is 2. The summed E-state index contributed by atoms with van der Waals surface area (Å²) in [7, 11) is 0. The van der Waals surface area contributed by atoms with Gasteiger partial charge in [-0.15, -0.1) is 0 Å². The lowest BCUT2D eigenvalue weighted by Gasteiger charge is -2.05. The Balaban J connectivity index is 3.04. The molecule has 1 aromatic carbocycles. The largest absolute Gasteiger partial charge is 0.478 e. The number of carboxylic acid groups (broad SMARTS) is 1. The zero-order chi connectivity index (χ0) is 14.4. The van der Waals surface area contributed by atoms with Crippen LogP contribution in [0.5, 0.6) is 5.75 Å². The van der Waals surface area contributed by atoms with Gasteiger partial charge in [-0.2, -0.15) is 0 Å². The number of ether oxygens (including phenoxy) is 1. The lowest BCUT2D eigenvalue weighted by Crippen LogP contribution is -2.20. The van der Waals surface area contributed by atoms with Crippen molar-refractivity contribution < 1.29 is 24.4 Å². The third kappa shape index (κ3) is 4.46. The predicted molar refractivity (Wildman–Crippen MR) is 64.5 cm³/mol. The molecule has 0 atom stereocenters. The minimum Gasteiger partial charge on any atom is -0.478 e. The smallest absolute Gasteiger partial charge is 0.328 e. The Morgan fingerprint density at radius 2 is 2.16 bits per heavy atom. The molecule has 19 heavy (non-hydrogen) atoms. The van der Waals surface area contributed by atoms with Gasteiger partial charge in [0.2, 0.25) is 0 Å². The van der Waals surface area contributed by atoms with E-state index in [9.17, 15) is 19.7 Å². The van der Waals surface area contributed by atoms with E-state index in [-0.39, 0.29) is 11.4 Å². The molecule has 3 N–H and O–H groups in total. The van der Waals surface area contributed by atoms with Gasteiger partial charge in [-0.05, 0) is 17.7 Å². The van der Waals surface area contributed by atoms with Crippen LogP contribution in [0.1, 0.15) is 5.56 Å². The van der Waals surface area contributed by atoms with E-state index in [1.165, 1.54) is 18.2 Å². The first kappa shape index (κ1) is 14.2. The Morgan fingerprint density at radius 3 is 2.68 bits per heavy atom. The van der Waals surface area contributed by atoms with Crippen molar-refractivity contribution in [3.63, 3.8) is 0 Å². The average Bonchev–Trinajstić information content (AvgIpc) is 2.33. The number of nitro groups is 1. The molecule has 100 valence electrons. The second-order valence-electron chi connectivity index (χ2n) is 3.41. The molecule has 0 aliphatic heterocycles. The number of carboxylic acids is 1. The molecule has 1 rings (SSSR count). The number of hydrogen-bond acceptors (Lipinski definition) is 5. The van der Waals surface area contributed by atoms with Gasteiger partial charge < -0.3 is 15.6 Å². The highest BCUT2D eigenvalue weighted by Crippen LogP contribution is 2.28. The third-order valence-electron chi connectivity index (χ3n) is 1.97. The molecule has 0 aliphatic carbocycles. The Morgan fingerprint density at radius 1 is 1.47 bits per heavy atom. The molecule has 0 fully saturated rings. The Hall–Kier alpha value is -2.90. The monoisotopic (exact) mass is 266 g/mol. The van der Waals surface area contributed by atoms with Gasteiger partial charge in [-0.25, -0.2) is 4.79 Å². The van der Waals surface area contributed by atoms with Gasteiger partial charge in [-0.1, -0.05) is 6.07 Å². The fourth-order valence-corrected chi connectivity index (χ4v) is 1.22. The molecular formula is C11H10N2O6. The normalized spacial score (nSPS) is 10.3. The topological polar surface area (TPSA) is 133 Å². The van der Waals surface area contributed by atoms with Crippen molar-refractivity contribution in [1.29, 1.82) is 0 Å². The Labute approximate surface area is 107 Å². The third-order valence-corrected chi connectivity index (χ3v) is 1.97. The van der Waals surface area contributed by atoms with E-state index in [1.807, 2.05) is 0 Å². The number of nitrogens with two attached hydrogens (primary N) is 1. The molecule has 0 saturated carbocycles. The fourth-order valence-electron chi connectivity index (χ4n) is 1.22. The van der Waals surface area contributed by atoms with Crippen molar-refractivity contribution in [2.45, 2.75) is 0 Å². The van der Waals surface area contributed by atoms with Gasteiger partial charge in [0.25, 0.3) is 5.91 Å². The summed E-state index contributed by atoms with van der Waals surface area (Å²) in [5.41, 5.74) is 4.81. The zero-order valence-electron chi connectivity index (χ0n) is 9.61. The van der Waals surface area contributed by atoms with Crippen LogP contribution in [0.3, 0.4) is 0 Å². The minimum atomic E-state index is -1.17. The van der Waals surface area contributed by atoms with Crippen molar-refractivity contribution in [3.8, 4) is 5.75 Å². The number of carbonyl (C=O) groups excluding carboxylic acids is 1. The summed E-state index contributed by atoms with van der Waals surface area (Å²) in [5, 5.41) is 19.3. The molecule has 1 aromatic rings. The van der Waals surface area contributed by atoms with Crippen LogP contribution < -0.4 is 10.5 Å². The maximum absolute atomic E-state index is 10.8. The number of primary amides is 1. The predicted octanol–water partition coefficient (Wildman–Crippen LogP) is 0.557.